The van der Waals surface area contributed by atoms with Crippen molar-refractivity contribution in [1.82, 2.24) is 10.3 Å². The molecule has 1 amide bonds. The van der Waals surface area contributed by atoms with E-state index in [0.29, 0.717) is 4.91 Å². The molecule has 0 radical (unpaired) electrons. The van der Waals surface area contributed by atoms with Gasteiger partial charge in [-0.15, -0.1) is 0 Å². The Hall–Kier alpha value is -3.12. The molecule has 0 spiro atoms. The van der Waals surface area contributed by atoms with Crippen molar-refractivity contribution >= 4 is 39.7 Å². The lowest BCUT2D eigenvalue weighted by atomic mass is 9.98. The highest BCUT2D eigenvalue weighted by Gasteiger charge is 2.22. The molecule has 2 aromatic carbocycles. The van der Waals surface area contributed by atoms with Crippen LogP contribution in [0.25, 0.3) is 28.0 Å². The van der Waals surface area contributed by atoms with E-state index in [1.54, 1.807) is 25.6 Å². The molecule has 2 heterocycles. The average molecular weight is 361 g/mol. The van der Waals surface area contributed by atoms with Gasteiger partial charge < -0.3 is 10.1 Å². The normalized spacial score (nSPS) is 15.5. The van der Waals surface area contributed by atoms with Gasteiger partial charge in [0, 0.05) is 23.3 Å². The molecule has 0 aliphatic carbocycles. The third-order valence-electron chi connectivity index (χ3n) is 4.14. The second kappa shape index (κ2) is 6.65. The Kier molecular flexibility index (Phi) is 4.18. The molecule has 0 unspecified atom stereocenters. The predicted molar refractivity (Wildman–Crippen MR) is 105 cm³/mol. The van der Waals surface area contributed by atoms with Crippen molar-refractivity contribution in [2.45, 2.75) is 0 Å². The Morgan fingerprint density at radius 2 is 1.96 bits per heavy atom. The number of nitrogens with one attached hydrogen (secondary N) is 2. The number of ether oxygens (including phenoxy) is 1. The van der Waals surface area contributed by atoms with Gasteiger partial charge in [-0.25, -0.2) is 0 Å². The molecule has 1 fully saturated rings. The van der Waals surface area contributed by atoms with Gasteiger partial charge in [-0.3, -0.25) is 15.2 Å². The van der Waals surface area contributed by atoms with Crippen molar-refractivity contribution in [2.75, 3.05) is 7.11 Å². The average Bonchev–Trinajstić information content (AvgIpc) is 2.98. The van der Waals surface area contributed by atoms with Crippen molar-refractivity contribution in [3.05, 3.63) is 65.3 Å². The second-order valence-corrected chi connectivity index (χ2v) is 6.81. The molecule has 0 atom stereocenters. The molecule has 2 N–H and O–H groups in total. The van der Waals surface area contributed by atoms with Crippen LogP contribution >= 0.6 is 11.8 Å². The lowest BCUT2D eigenvalue weighted by Gasteiger charge is -2.11. The Morgan fingerprint density at radius 1 is 1.15 bits per heavy atom. The summed E-state index contributed by atoms with van der Waals surface area (Å²) in [6, 6.07) is 14.0. The van der Waals surface area contributed by atoms with Crippen LogP contribution in [0.5, 0.6) is 5.75 Å². The van der Waals surface area contributed by atoms with Gasteiger partial charge in [-0.2, -0.15) is 0 Å². The minimum Gasteiger partial charge on any atom is -0.496 e. The van der Waals surface area contributed by atoms with E-state index in [4.69, 9.17) is 10.1 Å². The van der Waals surface area contributed by atoms with E-state index in [2.05, 4.69) is 16.4 Å². The van der Waals surface area contributed by atoms with Crippen LogP contribution in [0.3, 0.4) is 0 Å². The first-order valence-electron chi connectivity index (χ1n) is 7.96. The predicted octanol–water partition coefficient (Wildman–Crippen LogP) is 4.05. The smallest absolute Gasteiger partial charge is 0.264 e. The van der Waals surface area contributed by atoms with E-state index in [1.165, 1.54) is 0 Å². The maximum atomic E-state index is 11.8. The number of carbonyl (C=O) groups excluding carboxylic acids is 1. The molecule has 1 aromatic heterocycles. The van der Waals surface area contributed by atoms with E-state index in [1.807, 2.05) is 36.4 Å². The fourth-order valence-corrected chi connectivity index (χ4v) is 3.68. The summed E-state index contributed by atoms with van der Waals surface area (Å²) in [5, 5.41) is 12.3. The highest BCUT2D eigenvalue weighted by Crippen LogP contribution is 2.34. The number of hydrogen-bond acceptors (Lipinski definition) is 5. The molecule has 5 nitrogen and oxygen atoms in total. The van der Waals surface area contributed by atoms with Gasteiger partial charge in [-0.1, -0.05) is 24.3 Å². The highest BCUT2D eigenvalue weighted by molar-refractivity contribution is 8.18. The van der Waals surface area contributed by atoms with Crippen molar-refractivity contribution in [2.24, 2.45) is 0 Å². The molecule has 128 valence electrons. The Morgan fingerprint density at radius 3 is 2.69 bits per heavy atom. The van der Waals surface area contributed by atoms with E-state index in [-0.39, 0.29) is 11.1 Å². The Labute approximate surface area is 154 Å². The maximum Gasteiger partial charge on any atom is 0.264 e. The standard InChI is InChI=1S/C20H15N3O2S/c1-25-17-7-6-14(15-4-2-3-5-16(15)17)13-8-12(10-22-11-13)9-18-19(24)23-20(21)26-18/h2-11H,1H3,(H2,21,23,24)/b18-9-. The van der Waals surface area contributed by atoms with Gasteiger partial charge in [0.1, 0.15) is 5.75 Å². The Bertz CT molecular complexity index is 1080. The van der Waals surface area contributed by atoms with Crippen LogP contribution in [-0.4, -0.2) is 23.2 Å². The monoisotopic (exact) mass is 361 g/mol. The number of fused-ring (bicyclic) bond motifs is 1. The molecule has 26 heavy (non-hydrogen) atoms. The number of amidine groups is 1. The quantitative estimate of drug-likeness (QED) is 0.690. The summed E-state index contributed by atoms with van der Waals surface area (Å²) < 4.78 is 5.46. The number of aromatic nitrogens is 1. The summed E-state index contributed by atoms with van der Waals surface area (Å²) in [5.41, 5.74) is 2.82. The first-order valence-corrected chi connectivity index (χ1v) is 8.78. The topological polar surface area (TPSA) is 75.1 Å². The van der Waals surface area contributed by atoms with Crippen LogP contribution in [0.2, 0.25) is 0 Å². The van der Waals surface area contributed by atoms with E-state index in [9.17, 15) is 4.79 Å². The molecule has 6 heteroatoms. The summed E-state index contributed by atoms with van der Waals surface area (Å²) in [6.07, 6.45) is 5.27. The number of methoxy groups -OCH3 is 1. The molecular formula is C20H15N3O2S. The lowest BCUT2D eigenvalue weighted by molar-refractivity contribution is -0.115. The van der Waals surface area contributed by atoms with E-state index in [0.717, 1.165) is 45.0 Å². The molecule has 1 aliphatic heterocycles. The summed E-state index contributed by atoms with van der Waals surface area (Å²) in [5.74, 6) is 0.577. The number of hydrogen-bond donors (Lipinski definition) is 2. The second-order valence-electron chi connectivity index (χ2n) is 5.76. The van der Waals surface area contributed by atoms with Crippen LogP contribution < -0.4 is 10.1 Å². The lowest BCUT2D eigenvalue weighted by Crippen LogP contribution is -2.18. The molecule has 0 saturated carbocycles. The molecular weight excluding hydrogens is 346 g/mol. The van der Waals surface area contributed by atoms with Crippen LogP contribution in [-0.2, 0) is 4.79 Å². The van der Waals surface area contributed by atoms with Crippen LogP contribution in [0, 0.1) is 5.41 Å². The van der Waals surface area contributed by atoms with Gasteiger partial charge in [-0.05, 0) is 52.6 Å². The van der Waals surface area contributed by atoms with Crippen LogP contribution in [0.4, 0.5) is 0 Å². The fraction of sp³-hybridized carbons (Fsp3) is 0.0500. The van der Waals surface area contributed by atoms with Gasteiger partial charge in [0.2, 0.25) is 0 Å². The van der Waals surface area contributed by atoms with Crippen molar-refractivity contribution in [3.8, 4) is 16.9 Å². The van der Waals surface area contributed by atoms with Crippen molar-refractivity contribution in [3.63, 3.8) is 0 Å². The fourth-order valence-electron chi connectivity index (χ4n) is 2.98. The number of amides is 1. The number of thioether (sulfide) groups is 1. The van der Waals surface area contributed by atoms with Gasteiger partial charge in [0.05, 0.1) is 12.0 Å². The van der Waals surface area contributed by atoms with Crippen molar-refractivity contribution < 1.29 is 9.53 Å². The van der Waals surface area contributed by atoms with Gasteiger partial charge >= 0.3 is 0 Å². The first-order chi connectivity index (χ1) is 12.7. The number of nitrogens with zero attached hydrogens (tertiary/aromatic N) is 1. The minimum atomic E-state index is -0.250. The zero-order valence-corrected chi connectivity index (χ0v) is 14.8. The van der Waals surface area contributed by atoms with Crippen LogP contribution in [0.1, 0.15) is 5.56 Å². The summed E-state index contributed by atoms with van der Waals surface area (Å²) in [7, 11) is 1.66. The number of rotatable bonds is 3. The highest BCUT2D eigenvalue weighted by atomic mass is 32.2. The maximum absolute atomic E-state index is 11.8. The molecule has 3 aromatic rings. The number of carbonyl (C=O) groups is 1. The number of pyridine rings is 1. The zero-order chi connectivity index (χ0) is 18.1. The van der Waals surface area contributed by atoms with Gasteiger partial charge in [0.15, 0.2) is 5.17 Å². The van der Waals surface area contributed by atoms with E-state index >= 15 is 0 Å². The van der Waals surface area contributed by atoms with Gasteiger partial charge in [0.25, 0.3) is 5.91 Å². The summed E-state index contributed by atoms with van der Waals surface area (Å²) in [6.45, 7) is 0. The first kappa shape index (κ1) is 16.4. The molecule has 1 saturated heterocycles. The Balaban J connectivity index is 1.81. The summed E-state index contributed by atoms with van der Waals surface area (Å²) in [4.78, 5) is 16.6. The largest absolute Gasteiger partial charge is 0.496 e. The molecule has 1 aliphatic rings. The molecule has 0 bridgehead atoms. The van der Waals surface area contributed by atoms with Crippen molar-refractivity contribution in [1.29, 1.82) is 5.41 Å². The summed E-state index contributed by atoms with van der Waals surface area (Å²) >= 11 is 1.12. The zero-order valence-electron chi connectivity index (χ0n) is 13.9. The number of benzene rings is 2. The van der Waals surface area contributed by atoms with E-state index < -0.39 is 0 Å². The minimum absolute atomic E-state index is 0.145. The van der Waals surface area contributed by atoms with Crippen LogP contribution in [0.15, 0.2) is 59.8 Å². The SMILES string of the molecule is COc1ccc(-c2cncc(/C=C3\SC(=N)NC3=O)c2)c2ccccc12. The third-order valence-corrected chi connectivity index (χ3v) is 4.96. The molecule has 4 rings (SSSR count). The third kappa shape index (κ3) is 2.95.